The van der Waals surface area contributed by atoms with E-state index in [1.54, 1.807) is 0 Å². The van der Waals surface area contributed by atoms with E-state index >= 15 is 0 Å². The van der Waals surface area contributed by atoms with Crippen molar-refractivity contribution >= 4 is 0 Å². The summed E-state index contributed by atoms with van der Waals surface area (Å²) in [5.41, 5.74) is 0. The lowest BCUT2D eigenvalue weighted by molar-refractivity contribution is -1.73. The van der Waals surface area contributed by atoms with Gasteiger partial charge < -0.3 is 33.3 Å². The minimum Gasteiger partial charge on any atom is -0.427 e. The van der Waals surface area contributed by atoms with Gasteiger partial charge in [0.25, 0.3) is 21.1 Å². The summed E-state index contributed by atoms with van der Waals surface area (Å²) in [5.74, 6) is 0. The van der Waals surface area contributed by atoms with Crippen LogP contribution in [0.3, 0.4) is 0 Å². The summed E-state index contributed by atoms with van der Waals surface area (Å²) in [5, 5.41) is 0. The average Bonchev–Trinajstić information content (AvgIpc) is 1.70. The van der Waals surface area contributed by atoms with Crippen molar-refractivity contribution in [3.05, 3.63) is 0 Å². The summed E-state index contributed by atoms with van der Waals surface area (Å²) >= 11 is -4.01. The smallest absolute Gasteiger partial charge is 0.282 e. The van der Waals surface area contributed by atoms with Crippen LogP contribution in [0.4, 0.5) is 0 Å². The van der Waals surface area contributed by atoms with Crippen LogP contribution < -0.4 is 45.3 Å². The highest BCUT2D eigenvalue weighted by Gasteiger charge is 1.88. The fraction of sp³-hybridized carbons (Fsp3) is 1.00. The molecule has 0 saturated carbocycles. The van der Waals surface area contributed by atoms with Crippen molar-refractivity contribution in [2.75, 3.05) is 56.4 Å². The summed E-state index contributed by atoms with van der Waals surface area (Å²) in [6, 6.07) is 0. The Morgan fingerprint density at radius 2 is 0.611 bits per heavy atom. The van der Waals surface area contributed by atoms with Crippen molar-refractivity contribution in [1.29, 1.82) is 0 Å². The second-order valence-corrected chi connectivity index (χ2v) is 7.20. The van der Waals surface area contributed by atoms with Crippen molar-refractivity contribution in [3.8, 4) is 0 Å². The molecule has 0 aromatic carbocycles. The van der Waals surface area contributed by atoms with Gasteiger partial charge in [0, 0.05) is 0 Å². The largest absolute Gasteiger partial charge is 0.427 e. The van der Waals surface area contributed by atoms with Crippen molar-refractivity contribution in [3.63, 3.8) is 0 Å². The molecule has 0 spiro atoms. The molecule has 0 amide bonds. The number of hydrogen-bond acceptors (Lipinski definition) is 6. The lowest BCUT2D eigenvalue weighted by Gasteiger charge is -2.14. The van der Waals surface area contributed by atoms with Crippen LogP contribution in [0.25, 0.3) is 0 Å². The van der Waals surface area contributed by atoms with Gasteiger partial charge in [-0.3, -0.25) is 0 Å². The molecular formula is C8H24ClIN2O6. The zero-order valence-electron chi connectivity index (χ0n) is 12.1. The molecule has 0 heterocycles. The summed E-state index contributed by atoms with van der Waals surface area (Å²) in [6.45, 7) is 0. The van der Waals surface area contributed by atoms with Gasteiger partial charge in [0.2, 0.25) is 0 Å². The molecule has 0 saturated heterocycles. The van der Waals surface area contributed by atoms with Crippen molar-refractivity contribution in [1.82, 2.24) is 0 Å². The van der Waals surface area contributed by atoms with Gasteiger partial charge in [-0.05, 0) is 0 Å². The Balaban J connectivity index is -0.0000000731. The Hall–Kier alpha value is 0.700. The molecule has 0 fully saturated rings. The molecule has 0 N–H and O–H groups in total. The van der Waals surface area contributed by atoms with Crippen molar-refractivity contribution in [2.45, 2.75) is 0 Å². The van der Waals surface area contributed by atoms with E-state index in [9.17, 15) is 0 Å². The molecule has 8 nitrogen and oxygen atoms in total. The Kier molecular flexibility index (Phi) is 21.3. The quantitative estimate of drug-likeness (QED) is 0.289. The first kappa shape index (κ1) is 27.1. The molecule has 0 atom stereocenters. The van der Waals surface area contributed by atoms with E-state index in [4.69, 9.17) is 24.3 Å². The van der Waals surface area contributed by atoms with Crippen LogP contribution in [0.15, 0.2) is 0 Å². The predicted molar refractivity (Wildman–Crippen MR) is 47.9 cm³/mol. The molecule has 0 rings (SSSR count). The second kappa shape index (κ2) is 14.1. The molecule has 0 aromatic heterocycles. The standard InChI is InChI=1S/2C4H12N.ClO3.IO3/c2*1-5(2,3)4;2*2-1(3)4/h2*1-4H3;;/q2*+1;2*-1. The van der Waals surface area contributed by atoms with Crippen LogP contribution >= 0.6 is 0 Å². The van der Waals surface area contributed by atoms with Gasteiger partial charge >= 0.3 is 0 Å². The number of halogens is 2. The first-order valence-electron chi connectivity index (χ1n) is 4.50. The molecule has 0 aliphatic rings. The van der Waals surface area contributed by atoms with Crippen LogP contribution in [0.1, 0.15) is 0 Å². The molecule has 10 heteroatoms. The molecule has 0 radical (unpaired) electrons. The zero-order chi connectivity index (χ0) is 16.2. The molecule has 18 heavy (non-hydrogen) atoms. The molecule has 0 aromatic rings. The Bertz CT molecular complexity index is 125. The molecule has 0 aliphatic heterocycles. The third kappa shape index (κ3) is 8400. The fourth-order valence-corrected chi connectivity index (χ4v) is 0. The maximum atomic E-state index is 8.57. The zero-order valence-corrected chi connectivity index (χ0v) is 15.0. The summed E-state index contributed by atoms with van der Waals surface area (Å²) in [6.07, 6.45) is 0. The molecule has 0 aliphatic carbocycles. The highest BCUT2D eigenvalue weighted by Crippen LogP contribution is 1.74. The summed E-state index contributed by atoms with van der Waals surface area (Å²) in [7, 11) is 14.1. The average molecular weight is 407 g/mol. The number of nitrogens with zero attached hydrogens (tertiary/aromatic N) is 2. The van der Waals surface area contributed by atoms with Gasteiger partial charge in [0.15, 0.2) is 0 Å². The van der Waals surface area contributed by atoms with Crippen LogP contribution in [-0.4, -0.2) is 65.3 Å². The number of quaternary nitrogens is 2. The van der Waals surface area contributed by atoms with Crippen LogP contribution in [-0.2, 0) is 0 Å². The lowest BCUT2D eigenvalue weighted by Crippen LogP contribution is -4.05. The van der Waals surface area contributed by atoms with E-state index in [0.717, 1.165) is 8.97 Å². The van der Waals surface area contributed by atoms with Gasteiger partial charge in [-0.1, -0.05) is 0 Å². The fourth-order valence-electron chi connectivity index (χ4n) is 0. The van der Waals surface area contributed by atoms with E-state index < -0.39 is 31.8 Å². The first-order chi connectivity index (χ1) is 7.46. The lowest BCUT2D eigenvalue weighted by atomic mass is 10.8. The highest BCUT2D eigenvalue weighted by molar-refractivity contribution is 3.87. The van der Waals surface area contributed by atoms with Crippen molar-refractivity contribution < 1.29 is 65.1 Å². The molecule has 116 valence electrons. The third-order valence-electron chi connectivity index (χ3n) is 0. The van der Waals surface area contributed by atoms with E-state index in [0.29, 0.717) is 0 Å². The van der Waals surface area contributed by atoms with Gasteiger partial charge in [-0.2, -0.15) is 0 Å². The minimum atomic E-state index is -4.01. The maximum absolute atomic E-state index is 8.57. The molecule has 0 unspecified atom stereocenters. The van der Waals surface area contributed by atoms with E-state index in [1.165, 1.54) is 0 Å². The summed E-state index contributed by atoms with van der Waals surface area (Å²) < 4.78 is 52.9. The predicted octanol–water partition coefficient (Wildman–Crippen LogP) is -9.49. The van der Waals surface area contributed by atoms with Crippen LogP contribution in [0, 0.1) is 10.8 Å². The maximum Gasteiger partial charge on any atom is 0.282 e. The number of rotatable bonds is 0. The molecular weight excluding hydrogens is 382 g/mol. The third-order valence-corrected chi connectivity index (χ3v) is 0. The van der Waals surface area contributed by atoms with Gasteiger partial charge in [0.1, 0.15) is 0 Å². The first-order valence-corrected chi connectivity index (χ1v) is 8.07. The van der Waals surface area contributed by atoms with Crippen LogP contribution in [0.5, 0.6) is 0 Å². The molecule has 0 bridgehead atoms. The van der Waals surface area contributed by atoms with Gasteiger partial charge in [0.05, 0.1) is 67.2 Å². The Morgan fingerprint density at radius 1 is 0.611 bits per heavy atom. The van der Waals surface area contributed by atoms with E-state index in [-0.39, 0.29) is 0 Å². The highest BCUT2D eigenvalue weighted by atomic mass is 127. The van der Waals surface area contributed by atoms with E-state index in [2.05, 4.69) is 56.4 Å². The second-order valence-electron chi connectivity index (χ2n) is 5.74. The monoisotopic (exact) mass is 406 g/mol. The minimum absolute atomic E-state index is 1.00. The Labute approximate surface area is 121 Å². The van der Waals surface area contributed by atoms with Gasteiger partial charge in [-0.15, -0.1) is 0 Å². The summed E-state index contributed by atoms with van der Waals surface area (Å²) in [4.78, 5) is 0. The van der Waals surface area contributed by atoms with Gasteiger partial charge in [-0.25, -0.2) is 0 Å². The Morgan fingerprint density at radius 3 is 0.611 bits per heavy atom. The van der Waals surface area contributed by atoms with Crippen LogP contribution in [0.2, 0.25) is 0 Å². The SMILES string of the molecule is C[N+](C)(C)C.C[N+](C)(C)C.[O-][Cl+2]([O-])[O-].[O-][I+2]([O-])[O-]. The normalized spacial score (nSPS) is 10.7. The van der Waals surface area contributed by atoms with E-state index in [1.807, 2.05) is 0 Å². The number of hydrogen-bond donors (Lipinski definition) is 0. The van der Waals surface area contributed by atoms with Crippen molar-refractivity contribution in [2.24, 2.45) is 0 Å². The topological polar surface area (TPSA) is 138 Å².